The van der Waals surface area contributed by atoms with Crippen molar-refractivity contribution in [3.05, 3.63) is 99.6 Å². The van der Waals surface area contributed by atoms with Gasteiger partial charge in [-0.25, -0.2) is 0 Å². The van der Waals surface area contributed by atoms with Crippen molar-refractivity contribution >= 4 is 17.3 Å². The quantitative estimate of drug-likeness (QED) is 0.428. The fourth-order valence-corrected chi connectivity index (χ4v) is 2.62. The molecule has 0 spiro atoms. The number of hydrogen-bond acceptors (Lipinski definition) is 4. The number of rotatable bonds is 6. The predicted molar refractivity (Wildman–Crippen MR) is 103 cm³/mol. The maximum Gasteiger partial charge on any atom is 0.416 e. The van der Waals surface area contributed by atoms with E-state index in [9.17, 15) is 28.1 Å². The summed E-state index contributed by atoms with van der Waals surface area (Å²) in [5.41, 5.74) is -0.766. The van der Waals surface area contributed by atoms with Crippen LogP contribution in [-0.4, -0.2) is 10.8 Å². The maximum absolute atomic E-state index is 13.1. The highest BCUT2D eigenvalue weighted by atomic mass is 19.4. The van der Waals surface area contributed by atoms with Crippen LogP contribution in [0.25, 0.3) is 0 Å². The number of halogens is 3. The smallest absolute Gasteiger partial charge is 0.416 e. The monoisotopic (exact) mass is 416 g/mol. The number of benzene rings is 3. The van der Waals surface area contributed by atoms with Gasteiger partial charge in [0, 0.05) is 17.7 Å². The second kappa shape index (κ2) is 8.64. The molecule has 3 rings (SSSR count). The Morgan fingerprint density at radius 2 is 1.73 bits per heavy atom. The van der Waals surface area contributed by atoms with E-state index < -0.39 is 22.6 Å². The Labute approximate surface area is 169 Å². The highest BCUT2D eigenvalue weighted by Gasteiger charge is 2.31. The van der Waals surface area contributed by atoms with Gasteiger partial charge >= 0.3 is 6.18 Å². The lowest BCUT2D eigenvalue weighted by Crippen LogP contribution is -2.14. The lowest BCUT2D eigenvalue weighted by Gasteiger charge is -2.15. The van der Waals surface area contributed by atoms with Gasteiger partial charge in [-0.3, -0.25) is 14.9 Å². The van der Waals surface area contributed by atoms with E-state index in [1.807, 2.05) is 6.07 Å². The maximum atomic E-state index is 13.1. The number of nitrogens with zero attached hydrogens (tertiary/aromatic N) is 1. The summed E-state index contributed by atoms with van der Waals surface area (Å²) >= 11 is 0. The number of amides is 1. The first-order valence-corrected chi connectivity index (χ1v) is 8.68. The van der Waals surface area contributed by atoms with Crippen molar-refractivity contribution in [2.45, 2.75) is 12.8 Å². The zero-order valence-electron chi connectivity index (χ0n) is 15.3. The van der Waals surface area contributed by atoms with Gasteiger partial charge in [0.05, 0.1) is 16.2 Å². The summed E-state index contributed by atoms with van der Waals surface area (Å²) in [6.07, 6.45) is -4.62. The molecule has 1 amide bonds. The molecule has 0 fully saturated rings. The Bertz CT molecular complexity index is 1070. The average molecular weight is 416 g/mol. The summed E-state index contributed by atoms with van der Waals surface area (Å²) in [5.74, 6) is -0.770. The third-order valence-electron chi connectivity index (χ3n) is 4.11. The minimum Gasteiger partial charge on any atom is -0.487 e. The van der Waals surface area contributed by atoms with E-state index in [1.165, 1.54) is 18.2 Å². The first-order valence-electron chi connectivity index (χ1n) is 8.68. The fourth-order valence-electron chi connectivity index (χ4n) is 2.62. The molecule has 0 aromatic heterocycles. The molecule has 154 valence electrons. The lowest BCUT2D eigenvalue weighted by molar-refractivity contribution is -0.384. The van der Waals surface area contributed by atoms with Crippen LogP contribution in [0.1, 0.15) is 21.5 Å². The Morgan fingerprint density at radius 3 is 2.40 bits per heavy atom. The van der Waals surface area contributed by atoms with Crippen molar-refractivity contribution in [3.8, 4) is 5.75 Å². The van der Waals surface area contributed by atoms with Gasteiger partial charge in [0.15, 0.2) is 0 Å². The van der Waals surface area contributed by atoms with E-state index in [0.29, 0.717) is 0 Å². The van der Waals surface area contributed by atoms with Gasteiger partial charge in [0.1, 0.15) is 12.4 Å². The summed E-state index contributed by atoms with van der Waals surface area (Å²) in [5, 5.41) is 13.2. The minimum atomic E-state index is -4.62. The summed E-state index contributed by atoms with van der Waals surface area (Å²) in [6, 6.07) is 16.6. The van der Waals surface area contributed by atoms with Crippen LogP contribution < -0.4 is 10.1 Å². The molecule has 0 saturated heterocycles. The molecule has 3 aromatic rings. The molecule has 30 heavy (non-hydrogen) atoms. The molecule has 0 saturated carbocycles. The normalized spacial score (nSPS) is 11.0. The van der Waals surface area contributed by atoms with Crippen molar-refractivity contribution < 1.29 is 27.6 Å². The molecule has 1 N–H and O–H groups in total. The van der Waals surface area contributed by atoms with Gasteiger partial charge in [-0.15, -0.1) is 0 Å². The fraction of sp³-hybridized carbons (Fsp3) is 0.0952. The topological polar surface area (TPSA) is 81.5 Å². The summed E-state index contributed by atoms with van der Waals surface area (Å²) < 4.78 is 45.0. The zero-order valence-corrected chi connectivity index (χ0v) is 15.3. The van der Waals surface area contributed by atoms with Crippen LogP contribution in [0.2, 0.25) is 0 Å². The van der Waals surface area contributed by atoms with Gasteiger partial charge < -0.3 is 10.1 Å². The van der Waals surface area contributed by atoms with E-state index in [1.54, 1.807) is 24.3 Å². The second-order valence-electron chi connectivity index (χ2n) is 6.24. The van der Waals surface area contributed by atoms with Crippen LogP contribution in [0.5, 0.6) is 5.75 Å². The third-order valence-corrected chi connectivity index (χ3v) is 4.11. The third kappa shape index (κ3) is 5.13. The molecule has 0 heterocycles. The first kappa shape index (κ1) is 20.8. The highest BCUT2D eigenvalue weighted by Crippen LogP contribution is 2.35. The van der Waals surface area contributed by atoms with Crippen molar-refractivity contribution in [2.24, 2.45) is 0 Å². The Kier molecular flexibility index (Phi) is 6.01. The SMILES string of the molecule is O=C(Nc1cc(C(F)(F)F)ccc1OCc1ccccc1)c1cccc([N+](=O)[O-])c1. The summed E-state index contributed by atoms with van der Waals surface area (Å²) in [4.78, 5) is 22.7. The largest absolute Gasteiger partial charge is 0.487 e. The number of alkyl halides is 3. The molecule has 0 atom stereocenters. The van der Waals surface area contributed by atoms with Crippen molar-refractivity contribution in [2.75, 3.05) is 5.32 Å². The van der Waals surface area contributed by atoms with Crippen LogP contribution in [0.15, 0.2) is 72.8 Å². The first-order chi connectivity index (χ1) is 14.2. The van der Waals surface area contributed by atoms with E-state index in [2.05, 4.69) is 5.32 Å². The average Bonchev–Trinajstić information content (AvgIpc) is 2.73. The molecule has 0 unspecified atom stereocenters. The second-order valence-corrected chi connectivity index (χ2v) is 6.24. The number of carbonyl (C=O) groups is 1. The van der Waals surface area contributed by atoms with Crippen LogP contribution in [0.4, 0.5) is 24.5 Å². The van der Waals surface area contributed by atoms with Crippen LogP contribution in [0.3, 0.4) is 0 Å². The number of hydrogen-bond donors (Lipinski definition) is 1. The zero-order chi connectivity index (χ0) is 21.7. The highest BCUT2D eigenvalue weighted by molar-refractivity contribution is 6.05. The molecule has 9 heteroatoms. The molecule has 0 aliphatic rings. The number of ether oxygens (including phenoxy) is 1. The van der Waals surface area contributed by atoms with Gasteiger partial charge in [0.25, 0.3) is 11.6 Å². The number of nitrogens with one attached hydrogen (secondary N) is 1. The lowest BCUT2D eigenvalue weighted by atomic mass is 10.1. The Balaban J connectivity index is 1.89. The molecular formula is C21H15F3N2O4. The Morgan fingerprint density at radius 1 is 1.00 bits per heavy atom. The van der Waals surface area contributed by atoms with E-state index in [4.69, 9.17) is 4.74 Å². The molecule has 3 aromatic carbocycles. The van der Waals surface area contributed by atoms with Crippen LogP contribution in [0, 0.1) is 10.1 Å². The summed E-state index contributed by atoms with van der Waals surface area (Å²) in [6.45, 7) is 0.0753. The van der Waals surface area contributed by atoms with Crippen molar-refractivity contribution in [1.82, 2.24) is 0 Å². The Hall–Kier alpha value is -3.88. The molecule has 0 aliphatic heterocycles. The number of nitro benzene ring substituents is 1. The number of carbonyl (C=O) groups excluding carboxylic acids is 1. The molecule has 0 aliphatic carbocycles. The minimum absolute atomic E-state index is 0.0330. The predicted octanol–water partition coefficient (Wildman–Crippen LogP) is 5.44. The number of nitro groups is 1. The van der Waals surface area contributed by atoms with Crippen LogP contribution in [-0.2, 0) is 12.8 Å². The van der Waals surface area contributed by atoms with Crippen LogP contribution >= 0.6 is 0 Å². The molecule has 6 nitrogen and oxygen atoms in total. The number of non-ortho nitro benzene ring substituents is 1. The molecule has 0 bridgehead atoms. The summed E-state index contributed by atoms with van der Waals surface area (Å²) in [7, 11) is 0. The van der Waals surface area contributed by atoms with Crippen molar-refractivity contribution in [1.29, 1.82) is 0 Å². The molecule has 0 radical (unpaired) electrons. The standard InChI is InChI=1S/C21H15F3N2O4/c22-21(23,24)16-9-10-19(30-13-14-5-2-1-3-6-14)18(12-16)25-20(27)15-7-4-8-17(11-15)26(28)29/h1-12H,13H2,(H,25,27). The van der Waals surface area contributed by atoms with Gasteiger partial charge in [-0.1, -0.05) is 36.4 Å². The van der Waals surface area contributed by atoms with Gasteiger partial charge in [-0.2, -0.15) is 13.2 Å². The van der Waals surface area contributed by atoms with E-state index in [0.717, 1.165) is 29.8 Å². The van der Waals surface area contributed by atoms with Gasteiger partial charge in [-0.05, 0) is 29.8 Å². The number of anilines is 1. The van der Waals surface area contributed by atoms with E-state index >= 15 is 0 Å². The van der Waals surface area contributed by atoms with Gasteiger partial charge in [0.2, 0.25) is 0 Å². The molecular weight excluding hydrogens is 401 g/mol. The van der Waals surface area contributed by atoms with Crippen molar-refractivity contribution in [3.63, 3.8) is 0 Å². The van der Waals surface area contributed by atoms with E-state index in [-0.39, 0.29) is 29.3 Å².